The molecular weight excluding hydrogens is 332 g/mol. The highest BCUT2D eigenvalue weighted by Gasteiger charge is 2.18. The van der Waals surface area contributed by atoms with Crippen LogP contribution in [-0.2, 0) is 6.54 Å². The van der Waals surface area contributed by atoms with Crippen LogP contribution in [-0.4, -0.2) is 16.2 Å². The average Bonchev–Trinajstić information content (AvgIpc) is 2.88. The lowest BCUT2D eigenvalue weighted by Gasteiger charge is -2.10. The van der Waals surface area contributed by atoms with E-state index >= 15 is 0 Å². The summed E-state index contributed by atoms with van der Waals surface area (Å²) in [5.41, 5.74) is 2.91. The van der Waals surface area contributed by atoms with Gasteiger partial charge in [-0.25, -0.2) is 4.98 Å². The number of ether oxygens (including phenoxy) is 1. The quantitative estimate of drug-likeness (QED) is 0.623. The van der Waals surface area contributed by atoms with Crippen LogP contribution in [0.2, 0.25) is 0 Å². The summed E-state index contributed by atoms with van der Waals surface area (Å²) >= 11 is 1.57. The van der Waals surface area contributed by atoms with Crippen LogP contribution in [0.15, 0.2) is 41.2 Å². The summed E-state index contributed by atoms with van der Waals surface area (Å²) in [6.45, 7) is 12.8. The molecule has 0 aliphatic heterocycles. The first-order valence-corrected chi connectivity index (χ1v) is 9.12. The predicted molar refractivity (Wildman–Crippen MR) is 105 cm³/mol. The zero-order chi connectivity index (χ0) is 18.1. The van der Waals surface area contributed by atoms with E-state index < -0.39 is 0 Å². The molecule has 0 saturated heterocycles. The van der Waals surface area contributed by atoms with E-state index in [1.165, 1.54) is 0 Å². The molecule has 0 fully saturated rings. The number of fused-ring (bicyclic) bond motifs is 1. The van der Waals surface area contributed by atoms with Crippen LogP contribution in [0.5, 0.6) is 5.75 Å². The summed E-state index contributed by atoms with van der Waals surface area (Å²) < 4.78 is 7.22. The maximum absolute atomic E-state index is 13.1. The molecule has 0 N–H and O–H groups in total. The Bertz CT molecular complexity index is 997. The van der Waals surface area contributed by atoms with Crippen molar-refractivity contribution < 1.29 is 4.74 Å². The Balaban J connectivity index is 2.23. The Morgan fingerprint density at radius 3 is 2.56 bits per heavy atom. The summed E-state index contributed by atoms with van der Waals surface area (Å²) in [7, 11) is 0. The second-order valence-electron chi connectivity index (χ2n) is 6.18. The minimum Gasteiger partial charge on any atom is -0.494 e. The smallest absolute Gasteiger partial charge is 0.263 e. The van der Waals surface area contributed by atoms with Crippen LogP contribution in [0, 0.1) is 13.8 Å². The van der Waals surface area contributed by atoms with E-state index in [2.05, 4.69) is 11.6 Å². The SMILES string of the molecule is C=C(C)Cn1c(C)nc2sc(C)c(-c3ccc(OCC)cc3)c2c1=O. The van der Waals surface area contributed by atoms with Crippen molar-refractivity contribution in [1.82, 2.24) is 9.55 Å². The minimum atomic E-state index is -0.00117. The number of aryl methyl sites for hydroxylation is 2. The average molecular weight is 354 g/mol. The minimum absolute atomic E-state index is 0.00117. The molecule has 1 aromatic carbocycles. The van der Waals surface area contributed by atoms with Crippen LogP contribution in [0.4, 0.5) is 0 Å². The van der Waals surface area contributed by atoms with Crippen LogP contribution in [0.25, 0.3) is 21.3 Å². The number of rotatable bonds is 5. The topological polar surface area (TPSA) is 44.1 Å². The lowest BCUT2D eigenvalue weighted by Crippen LogP contribution is -2.24. The first-order chi connectivity index (χ1) is 11.9. The summed E-state index contributed by atoms with van der Waals surface area (Å²) in [6.07, 6.45) is 0. The van der Waals surface area contributed by atoms with Gasteiger partial charge in [-0.15, -0.1) is 11.3 Å². The van der Waals surface area contributed by atoms with Crippen molar-refractivity contribution in [3.05, 3.63) is 57.5 Å². The van der Waals surface area contributed by atoms with Gasteiger partial charge in [-0.3, -0.25) is 9.36 Å². The van der Waals surface area contributed by atoms with Gasteiger partial charge in [0.25, 0.3) is 5.56 Å². The molecule has 3 aromatic rings. The highest BCUT2D eigenvalue weighted by Crippen LogP contribution is 2.36. The number of thiophene rings is 1. The van der Waals surface area contributed by atoms with E-state index in [4.69, 9.17) is 4.74 Å². The molecule has 0 amide bonds. The van der Waals surface area contributed by atoms with E-state index in [0.29, 0.717) is 18.5 Å². The molecule has 3 rings (SSSR count). The number of nitrogens with zero attached hydrogens (tertiary/aromatic N) is 2. The van der Waals surface area contributed by atoms with Gasteiger partial charge in [-0.2, -0.15) is 0 Å². The summed E-state index contributed by atoms with van der Waals surface area (Å²) in [5, 5.41) is 0.693. The van der Waals surface area contributed by atoms with Crippen molar-refractivity contribution in [2.45, 2.75) is 34.2 Å². The fourth-order valence-electron chi connectivity index (χ4n) is 2.98. The van der Waals surface area contributed by atoms with E-state index in [9.17, 15) is 4.79 Å². The maximum atomic E-state index is 13.1. The predicted octanol–water partition coefficient (Wildman–Crippen LogP) is 4.72. The van der Waals surface area contributed by atoms with Gasteiger partial charge >= 0.3 is 0 Å². The molecule has 0 aliphatic carbocycles. The maximum Gasteiger partial charge on any atom is 0.263 e. The summed E-state index contributed by atoms with van der Waals surface area (Å²) in [5.74, 6) is 1.55. The summed E-state index contributed by atoms with van der Waals surface area (Å²) in [6, 6.07) is 7.88. The van der Waals surface area contributed by atoms with Gasteiger partial charge in [-0.1, -0.05) is 24.3 Å². The molecule has 0 aliphatic rings. The van der Waals surface area contributed by atoms with Gasteiger partial charge in [0.05, 0.1) is 12.0 Å². The molecule has 4 nitrogen and oxygen atoms in total. The van der Waals surface area contributed by atoms with Crippen molar-refractivity contribution in [3.63, 3.8) is 0 Å². The molecule has 0 atom stereocenters. The van der Waals surface area contributed by atoms with Crippen molar-refractivity contribution in [2.75, 3.05) is 6.61 Å². The van der Waals surface area contributed by atoms with Crippen LogP contribution in [0.1, 0.15) is 24.5 Å². The van der Waals surface area contributed by atoms with Gasteiger partial charge in [0.2, 0.25) is 0 Å². The highest BCUT2D eigenvalue weighted by atomic mass is 32.1. The van der Waals surface area contributed by atoms with Crippen molar-refractivity contribution in [2.24, 2.45) is 0 Å². The third kappa shape index (κ3) is 3.24. The zero-order valence-electron chi connectivity index (χ0n) is 15.0. The van der Waals surface area contributed by atoms with Gasteiger partial charge < -0.3 is 4.74 Å². The number of allylic oxidation sites excluding steroid dienone is 1. The number of aromatic nitrogens is 2. The molecule has 25 heavy (non-hydrogen) atoms. The van der Waals surface area contributed by atoms with E-state index in [1.807, 2.05) is 52.0 Å². The Morgan fingerprint density at radius 2 is 1.96 bits per heavy atom. The Kier molecular flexibility index (Phi) is 4.77. The molecule has 2 aromatic heterocycles. The van der Waals surface area contributed by atoms with Crippen molar-refractivity contribution >= 4 is 21.6 Å². The highest BCUT2D eigenvalue weighted by molar-refractivity contribution is 7.19. The molecule has 5 heteroatoms. The van der Waals surface area contributed by atoms with Crippen LogP contribution < -0.4 is 10.3 Å². The molecule has 0 saturated carbocycles. The third-order valence-corrected chi connectivity index (χ3v) is 5.06. The number of hydrogen-bond acceptors (Lipinski definition) is 4. The molecule has 0 radical (unpaired) electrons. The standard InChI is InChI=1S/C20H22N2O2S/c1-6-24-16-9-7-15(8-10-16)17-13(4)25-19-18(17)20(23)22(11-12(2)3)14(5)21-19/h7-10H,2,6,11H2,1,3-5H3. The molecule has 2 heterocycles. The number of benzene rings is 1. The first-order valence-electron chi connectivity index (χ1n) is 8.30. The normalized spacial score (nSPS) is 11.0. The lowest BCUT2D eigenvalue weighted by atomic mass is 10.0. The molecule has 0 unspecified atom stereocenters. The molecule has 0 spiro atoms. The fraction of sp³-hybridized carbons (Fsp3) is 0.300. The fourth-order valence-corrected chi connectivity index (χ4v) is 4.07. The van der Waals surface area contributed by atoms with Gasteiger partial charge in [0, 0.05) is 17.0 Å². The molecule has 0 bridgehead atoms. The van der Waals surface area contributed by atoms with E-state index in [0.717, 1.165) is 38.0 Å². The van der Waals surface area contributed by atoms with Crippen molar-refractivity contribution in [1.29, 1.82) is 0 Å². The Morgan fingerprint density at radius 1 is 1.28 bits per heavy atom. The largest absolute Gasteiger partial charge is 0.494 e. The number of hydrogen-bond donors (Lipinski definition) is 0. The Hall–Kier alpha value is -2.40. The van der Waals surface area contributed by atoms with Crippen LogP contribution >= 0.6 is 11.3 Å². The molecular formula is C20H22N2O2S. The Labute approximate surface area is 151 Å². The van der Waals surface area contributed by atoms with Crippen LogP contribution in [0.3, 0.4) is 0 Å². The van der Waals surface area contributed by atoms with E-state index in [-0.39, 0.29) is 5.56 Å². The van der Waals surface area contributed by atoms with Gasteiger partial charge in [0.1, 0.15) is 16.4 Å². The zero-order valence-corrected chi connectivity index (χ0v) is 15.9. The monoisotopic (exact) mass is 354 g/mol. The lowest BCUT2D eigenvalue weighted by molar-refractivity contribution is 0.340. The molecule has 130 valence electrons. The summed E-state index contributed by atoms with van der Waals surface area (Å²) in [4.78, 5) is 19.7. The van der Waals surface area contributed by atoms with Crippen molar-refractivity contribution in [3.8, 4) is 16.9 Å². The van der Waals surface area contributed by atoms with E-state index in [1.54, 1.807) is 15.9 Å². The second-order valence-corrected chi connectivity index (χ2v) is 7.38. The first kappa shape index (κ1) is 17.4. The second kappa shape index (κ2) is 6.84. The van der Waals surface area contributed by atoms with Gasteiger partial charge in [0.15, 0.2) is 0 Å². The third-order valence-electron chi connectivity index (χ3n) is 4.06. The van der Waals surface area contributed by atoms with Gasteiger partial charge in [-0.05, 0) is 45.4 Å².